The summed E-state index contributed by atoms with van der Waals surface area (Å²) in [7, 11) is 0. The van der Waals surface area contributed by atoms with Crippen LogP contribution in [-0.4, -0.2) is 155 Å². The zero-order valence-electron chi connectivity index (χ0n) is 26.6. The minimum Gasteiger partial charge on any atom is -0.508 e. The molecular formula is C32H38O19. The maximum absolute atomic E-state index is 14.0. The topological polar surface area (TPSA) is 308 Å². The third kappa shape index (κ3) is 7.22. The number of rotatable bonds is 8. The van der Waals surface area contributed by atoms with E-state index >= 15 is 0 Å². The van der Waals surface area contributed by atoms with E-state index in [9.17, 15) is 61.0 Å². The van der Waals surface area contributed by atoms with E-state index in [0.717, 1.165) is 12.1 Å². The summed E-state index contributed by atoms with van der Waals surface area (Å²) in [4.78, 5) is 14.0. The molecule has 4 heterocycles. The predicted molar refractivity (Wildman–Crippen MR) is 165 cm³/mol. The summed E-state index contributed by atoms with van der Waals surface area (Å²) in [6.07, 6.45) is -23.4. The normalized spacial score (nSPS) is 37.4. The van der Waals surface area contributed by atoms with Gasteiger partial charge in [0.2, 0.25) is 17.5 Å². The lowest BCUT2D eigenvalue weighted by molar-refractivity contribution is -0.352. The molecule has 280 valence electrons. The number of ether oxygens (including phenoxy) is 6. The number of phenolic OH excluding ortho intramolecular Hbond substituents is 3. The van der Waals surface area contributed by atoms with Crippen molar-refractivity contribution in [3.8, 4) is 34.3 Å². The second-order valence-corrected chi connectivity index (χ2v) is 12.5. The molecule has 3 saturated heterocycles. The van der Waals surface area contributed by atoms with Gasteiger partial charge in [0.25, 0.3) is 0 Å². The largest absolute Gasteiger partial charge is 0.508 e. The van der Waals surface area contributed by atoms with Gasteiger partial charge in [-0.05, 0) is 31.2 Å². The van der Waals surface area contributed by atoms with Gasteiger partial charge in [0.1, 0.15) is 83.2 Å². The van der Waals surface area contributed by atoms with Gasteiger partial charge in [-0.1, -0.05) is 0 Å². The Morgan fingerprint density at radius 3 is 2.14 bits per heavy atom. The molecule has 2 aromatic carbocycles. The van der Waals surface area contributed by atoms with Gasteiger partial charge in [0.05, 0.1) is 19.3 Å². The smallest absolute Gasteiger partial charge is 0.239 e. The van der Waals surface area contributed by atoms with Crippen LogP contribution >= 0.6 is 0 Å². The zero-order chi connectivity index (χ0) is 36.9. The first kappa shape index (κ1) is 37.1. The van der Waals surface area contributed by atoms with Crippen LogP contribution in [0.15, 0.2) is 45.6 Å². The van der Waals surface area contributed by atoms with Crippen LogP contribution in [0.2, 0.25) is 0 Å². The van der Waals surface area contributed by atoms with Crippen molar-refractivity contribution in [1.82, 2.24) is 0 Å². The monoisotopic (exact) mass is 726 g/mol. The summed E-state index contributed by atoms with van der Waals surface area (Å²) in [6, 6.07) is 7.15. The molecule has 0 saturated carbocycles. The van der Waals surface area contributed by atoms with Crippen molar-refractivity contribution in [1.29, 1.82) is 0 Å². The Morgan fingerprint density at radius 1 is 0.745 bits per heavy atom. The maximum atomic E-state index is 14.0. The SMILES string of the molecule is C[C@H]1O[C@H](OC[C@H]2O[C@@H](Oc3c(-c4ccc(O)cc4)oc4cc(O)cc(O)c4c3=O)[C@H](O[C@@H]3OC[C@@H](O)[C@H](O)[C@H]3O)[C@@H](O)[C@H]2O)[C@@H](O)[C@@H](O)[C@@H]1O. The lowest BCUT2D eigenvalue weighted by atomic mass is 9.98. The minimum absolute atomic E-state index is 0.139. The number of benzene rings is 2. The van der Waals surface area contributed by atoms with E-state index in [1.807, 2.05) is 0 Å². The van der Waals surface area contributed by atoms with Crippen LogP contribution in [0.1, 0.15) is 6.92 Å². The Morgan fingerprint density at radius 2 is 1.43 bits per heavy atom. The number of hydrogen-bond acceptors (Lipinski definition) is 19. The van der Waals surface area contributed by atoms with Crippen LogP contribution in [0.5, 0.6) is 23.0 Å². The number of aliphatic hydroxyl groups is 8. The lowest BCUT2D eigenvalue weighted by Gasteiger charge is -2.45. The van der Waals surface area contributed by atoms with Crippen molar-refractivity contribution >= 4 is 11.0 Å². The first-order valence-electron chi connectivity index (χ1n) is 15.8. The van der Waals surface area contributed by atoms with Gasteiger partial charge >= 0.3 is 0 Å². The molecular weight excluding hydrogens is 688 g/mol. The number of hydrogen-bond donors (Lipinski definition) is 11. The number of phenols is 3. The summed E-state index contributed by atoms with van der Waals surface area (Å²) in [6.45, 7) is 0.243. The summed E-state index contributed by atoms with van der Waals surface area (Å²) in [5.74, 6) is -2.27. The van der Waals surface area contributed by atoms with Crippen LogP contribution in [-0.2, 0) is 23.7 Å². The second-order valence-electron chi connectivity index (χ2n) is 12.5. The van der Waals surface area contributed by atoms with Crippen molar-refractivity contribution < 1.29 is 89.0 Å². The molecule has 0 aliphatic carbocycles. The van der Waals surface area contributed by atoms with Crippen LogP contribution in [0.4, 0.5) is 0 Å². The van der Waals surface area contributed by atoms with E-state index in [4.69, 9.17) is 32.8 Å². The average molecular weight is 727 g/mol. The average Bonchev–Trinajstić information content (AvgIpc) is 3.09. The van der Waals surface area contributed by atoms with E-state index in [1.54, 1.807) is 0 Å². The fourth-order valence-corrected chi connectivity index (χ4v) is 5.97. The van der Waals surface area contributed by atoms with Crippen molar-refractivity contribution in [2.45, 2.75) is 92.9 Å². The first-order valence-corrected chi connectivity index (χ1v) is 15.8. The number of fused-ring (bicyclic) bond motifs is 1. The highest BCUT2D eigenvalue weighted by molar-refractivity contribution is 5.88. The molecule has 0 unspecified atom stereocenters. The van der Waals surface area contributed by atoms with E-state index < -0.39 is 127 Å². The summed E-state index contributed by atoms with van der Waals surface area (Å²) in [5, 5.41) is 114. The highest BCUT2D eigenvalue weighted by Gasteiger charge is 2.51. The number of aromatic hydroxyl groups is 3. The fraction of sp³-hybridized carbons (Fsp3) is 0.531. The third-order valence-electron chi connectivity index (χ3n) is 8.90. The van der Waals surface area contributed by atoms with Crippen molar-refractivity contribution in [2.75, 3.05) is 13.2 Å². The van der Waals surface area contributed by atoms with Gasteiger partial charge in [-0.15, -0.1) is 0 Å². The minimum atomic E-state index is -1.99. The van der Waals surface area contributed by atoms with Crippen LogP contribution in [0, 0.1) is 0 Å². The molecule has 3 aromatic rings. The second kappa shape index (κ2) is 14.8. The quantitative estimate of drug-likeness (QED) is 0.111. The molecule has 1 aromatic heterocycles. The molecule has 0 amide bonds. The molecule has 3 aliphatic rings. The molecule has 0 radical (unpaired) electrons. The van der Waals surface area contributed by atoms with Crippen molar-refractivity contribution in [2.24, 2.45) is 0 Å². The molecule has 51 heavy (non-hydrogen) atoms. The van der Waals surface area contributed by atoms with E-state index in [1.165, 1.54) is 31.2 Å². The fourth-order valence-electron chi connectivity index (χ4n) is 5.97. The Labute approximate surface area is 287 Å². The van der Waals surface area contributed by atoms with Gasteiger partial charge in [-0.2, -0.15) is 0 Å². The van der Waals surface area contributed by atoms with Gasteiger partial charge in [-0.3, -0.25) is 4.79 Å². The zero-order valence-corrected chi connectivity index (χ0v) is 26.6. The molecule has 11 N–H and O–H groups in total. The van der Waals surface area contributed by atoms with Crippen molar-refractivity contribution in [3.05, 3.63) is 46.6 Å². The summed E-state index contributed by atoms with van der Waals surface area (Å²) in [5.41, 5.74) is -1.15. The lowest BCUT2D eigenvalue weighted by Crippen LogP contribution is -2.64. The van der Waals surface area contributed by atoms with Crippen LogP contribution < -0.4 is 10.2 Å². The molecule has 0 bridgehead atoms. The number of aliphatic hydroxyl groups excluding tert-OH is 8. The molecule has 3 aliphatic heterocycles. The van der Waals surface area contributed by atoms with Gasteiger partial charge in [0, 0.05) is 17.7 Å². The Bertz CT molecular complexity index is 1730. The van der Waals surface area contributed by atoms with E-state index in [-0.39, 0.29) is 22.7 Å². The molecule has 6 rings (SSSR count). The maximum Gasteiger partial charge on any atom is 0.239 e. The van der Waals surface area contributed by atoms with Gasteiger partial charge in [-0.25, -0.2) is 0 Å². The highest BCUT2D eigenvalue weighted by atomic mass is 16.8. The molecule has 19 nitrogen and oxygen atoms in total. The first-order chi connectivity index (χ1) is 24.2. The Kier molecular flexibility index (Phi) is 10.7. The van der Waals surface area contributed by atoms with E-state index in [2.05, 4.69) is 0 Å². The van der Waals surface area contributed by atoms with E-state index in [0.29, 0.717) is 0 Å². The predicted octanol–water partition coefficient (Wildman–Crippen LogP) is -2.93. The third-order valence-corrected chi connectivity index (χ3v) is 8.90. The van der Waals surface area contributed by atoms with Gasteiger partial charge < -0.3 is 89.0 Å². The van der Waals surface area contributed by atoms with Crippen LogP contribution in [0.25, 0.3) is 22.3 Å². The molecule has 3 fully saturated rings. The van der Waals surface area contributed by atoms with Gasteiger partial charge in [0.15, 0.2) is 24.4 Å². The molecule has 14 atom stereocenters. The highest BCUT2D eigenvalue weighted by Crippen LogP contribution is 2.38. The van der Waals surface area contributed by atoms with Crippen LogP contribution in [0.3, 0.4) is 0 Å². The standard InChI is InChI=1S/C32H38O19/c1-10-19(37)23(41)26(44)30(47-10)46-9-17-21(39)24(42)29(51-31-25(43)20(38)15(36)8-45-31)32(49-17)50-28-22(40)18-14(35)6-13(34)7-16(18)48-27(28)11-2-4-12(33)5-3-11/h2-7,10,15,17,19-21,23-26,29-39,41-44H,8-9H2,1H3/t10-,15-,17-,19-,20+,21+,23+,24+,25-,26+,29-,30+,31+,32+/m1/s1. The summed E-state index contributed by atoms with van der Waals surface area (Å²) < 4.78 is 39.9. The Balaban J connectivity index is 1.38. The Hall–Kier alpha value is -3.67. The molecule has 19 heteroatoms. The molecule has 0 spiro atoms. The summed E-state index contributed by atoms with van der Waals surface area (Å²) >= 11 is 0. The van der Waals surface area contributed by atoms with Crippen molar-refractivity contribution in [3.63, 3.8) is 0 Å².